The number of hydrogen-bond donors (Lipinski definition) is 1. The molecule has 1 aliphatic rings. The number of sulfonamides is 1. The Kier molecular flexibility index (Phi) is 5.06. The van der Waals surface area contributed by atoms with E-state index in [1.165, 1.54) is 4.31 Å². The summed E-state index contributed by atoms with van der Waals surface area (Å²) in [6.07, 6.45) is 0.580. The van der Waals surface area contributed by atoms with E-state index in [0.29, 0.717) is 34.9 Å². The first kappa shape index (κ1) is 19.5. The van der Waals surface area contributed by atoms with E-state index in [-0.39, 0.29) is 10.8 Å². The maximum Gasteiger partial charge on any atom is 0.264 e. The standard InChI is InChI=1S/C22H19ClN2O3S/c1-15-6-9-18(10-7-15)29(27,28)25-13-12-16-14-17(8-11-21(16)25)24-22(26)19-4-2-3-5-20(19)23/h2-11,14H,12-13H2,1H3,(H,24,26). The number of nitrogens with one attached hydrogen (secondary N) is 1. The van der Waals surface area contributed by atoms with Crippen LogP contribution >= 0.6 is 11.6 Å². The number of nitrogens with zero attached hydrogens (tertiary/aromatic N) is 1. The van der Waals surface area contributed by atoms with Gasteiger partial charge in [-0.3, -0.25) is 9.10 Å². The second-order valence-electron chi connectivity index (χ2n) is 6.92. The van der Waals surface area contributed by atoms with E-state index < -0.39 is 10.0 Å². The Morgan fingerprint density at radius 3 is 2.48 bits per heavy atom. The molecule has 7 heteroatoms. The molecule has 3 aromatic rings. The quantitative estimate of drug-likeness (QED) is 0.660. The van der Waals surface area contributed by atoms with E-state index in [4.69, 9.17) is 11.6 Å². The zero-order valence-corrected chi connectivity index (χ0v) is 17.3. The van der Waals surface area contributed by atoms with Gasteiger partial charge in [0.05, 0.1) is 21.2 Å². The summed E-state index contributed by atoms with van der Waals surface area (Å²) in [5, 5.41) is 3.21. The van der Waals surface area contributed by atoms with Gasteiger partial charge < -0.3 is 5.32 Å². The number of hydrogen-bond acceptors (Lipinski definition) is 3. The first-order chi connectivity index (χ1) is 13.9. The van der Waals surface area contributed by atoms with Gasteiger partial charge >= 0.3 is 0 Å². The molecule has 1 N–H and O–H groups in total. The van der Waals surface area contributed by atoms with Gasteiger partial charge in [-0.2, -0.15) is 0 Å². The molecule has 3 aromatic carbocycles. The van der Waals surface area contributed by atoms with Crippen LogP contribution in [0.2, 0.25) is 5.02 Å². The smallest absolute Gasteiger partial charge is 0.264 e. The molecule has 0 saturated heterocycles. The molecule has 0 atom stereocenters. The third-order valence-corrected chi connectivity index (χ3v) is 7.07. The maximum absolute atomic E-state index is 13.0. The topological polar surface area (TPSA) is 66.5 Å². The van der Waals surface area contributed by atoms with Gasteiger partial charge in [0.15, 0.2) is 0 Å². The van der Waals surface area contributed by atoms with Crippen molar-refractivity contribution in [1.82, 2.24) is 0 Å². The number of rotatable bonds is 4. The molecule has 1 amide bonds. The molecule has 4 rings (SSSR count). The molecule has 0 bridgehead atoms. The van der Waals surface area contributed by atoms with Crippen LogP contribution in [0.1, 0.15) is 21.5 Å². The van der Waals surface area contributed by atoms with Crippen molar-refractivity contribution in [2.24, 2.45) is 0 Å². The number of fused-ring (bicyclic) bond motifs is 1. The predicted molar refractivity (Wildman–Crippen MR) is 115 cm³/mol. The number of halogens is 1. The van der Waals surface area contributed by atoms with E-state index in [0.717, 1.165) is 11.1 Å². The molecule has 1 aliphatic heterocycles. The third-order valence-electron chi connectivity index (χ3n) is 4.92. The number of aryl methyl sites for hydroxylation is 1. The van der Waals surface area contributed by atoms with Crippen molar-refractivity contribution in [3.8, 4) is 0 Å². The van der Waals surface area contributed by atoms with Crippen molar-refractivity contribution < 1.29 is 13.2 Å². The van der Waals surface area contributed by atoms with Crippen LogP contribution in [0.3, 0.4) is 0 Å². The molecule has 0 radical (unpaired) electrons. The Balaban J connectivity index is 1.59. The van der Waals surface area contributed by atoms with Crippen molar-refractivity contribution in [1.29, 1.82) is 0 Å². The van der Waals surface area contributed by atoms with Gasteiger partial charge in [-0.1, -0.05) is 41.4 Å². The van der Waals surface area contributed by atoms with Gasteiger partial charge in [0.1, 0.15) is 0 Å². The second kappa shape index (κ2) is 7.54. The van der Waals surface area contributed by atoms with Crippen LogP contribution in [-0.4, -0.2) is 20.9 Å². The average molecular weight is 427 g/mol. The second-order valence-corrected chi connectivity index (χ2v) is 9.19. The van der Waals surface area contributed by atoms with Gasteiger partial charge in [0.2, 0.25) is 0 Å². The molecule has 0 spiro atoms. The summed E-state index contributed by atoms with van der Waals surface area (Å²) in [5.41, 5.74) is 3.50. The van der Waals surface area contributed by atoms with Crippen LogP contribution in [0.25, 0.3) is 0 Å². The Bertz CT molecular complexity index is 1190. The van der Waals surface area contributed by atoms with Crippen LogP contribution in [0.4, 0.5) is 11.4 Å². The molecule has 0 saturated carbocycles. The van der Waals surface area contributed by atoms with E-state index in [9.17, 15) is 13.2 Å². The van der Waals surface area contributed by atoms with Crippen LogP contribution in [0, 0.1) is 6.92 Å². The SMILES string of the molecule is Cc1ccc(S(=O)(=O)N2CCc3cc(NC(=O)c4ccccc4Cl)ccc32)cc1. The number of anilines is 2. The van der Waals surface area contributed by atoms with Crippen molar-refractivity contribution >= 4 is 38.9 Å². The lowest BCUT2D eigenvalue weighted by Gasteiger charge is -2.20. The van der Waals surface area contributed by atoms with E-state index >= 15 is 0 Å². The zero-order chi connectivity index (χ0) is 20.6. The largest absolute Gasteiger partial charge is 0.322 e. The van der Waals surface area contributed by atoms with Crippen molar-refractivity contribution in [2.45, 2.75) is 18.2 Å². The molecular weight excluding hydrogens is 408 g/mol. The highest BCUT2D eigenvalue weighted by Gasteiger charge is 2.31. The van der Waals surface area contributed by atoms with Crippen LogP contribution in [0.5, 0.6) is 0 Å². The van der Waals surface area contributed by atoms with Crippen LogP contribution in [0.15, 0.2) is 71.6 Å². The van der Waals surface area contributed by atoms with Crippen molar-refractivity contribution in [3.63, 3.8) is 0 Å². The highest BCUT2D eigenvalue weighted by molar-refractivity contribution is 7.92. The predicted octanol–water partition coefficient (Wildman–Crippen LogP) is 4.65. The van der Waals surface area contributed by atoms with Crippen LogP contribution < -0.4 is 9.62 Å². The molecule has 0 aromatic heterocycles. The van der Waals surface area contributed by atoms with Crippen molar-refractivity contribution in [2.75, 3.05) is 16.2 Å². The summed E-state index contributed by atoms with van der Waals surface area (Å²) < 4.78 is 27.5. The lowest BCUT2D eigenvalue weighted by Crippen LogP contribution is -2.29. The lowest BCUT2D eigenvalue weighted by atomic mass is 10.1. The molecule has 1 heterocycles. The van der Waals surface area contributed by atoms with Gasteiger partial charge in [-0.25, -0.2) is 8.42 Å². The first-order valence-corrected chi connectivity index (χ1v) is 11.0. The summed E-state index contributed by atoms with van der Waals surface area (Å²) >= 11 is 6.08. The number of carbonyl (C=O) groups excluding carboxylic acids is 1. The summed E-state index contributed by atoms with van der Waals surface area (Å²) in [6, 6.07) is 18.9. The molecule has 0 unspecified atom stereocenters. The molecule has 0 fully saturated rings. The molecule has 5 nitrogen and oxygen atoms in total. The summed E-state index contributed by atoms with van der Waals surface area (Å²) in [7, 11) is -3.62. The Hall–Kier alpha value is -2.83. The highest BCUT2D eigenvalue weighted by atomic mass is 35.5. The normalized spacial score (nSPS) is 13.2. The summed E-state index contributed by atoms with van der Waals surface area (Å²) in [6.45, 7) is 2.29. The number of amides is 1. The van der Waals surface area contributed by atoms with Crippen LogP contribution in [-0.2, 0) is 16.4 Å². The van der Waals surface area contributed by atoms with Crippen molar-refractivity contribution in [3.05, 3.63) is 88.4 Å². The van der Waals surface area contributed by atoms with Gasteiger partial charge in [-0.05, 0) is 61.4 Å². The fourth-order valence-corrected chi connectivity index (χ4v) is 5.10. The average Bonchev–Trinajstić information content (AvgIpc) is 3.12. The van der Waals surface area contributed by atoms with Gasteiger partial charge in [0, 0.05) is 12.2 Å². The van der Waals surface area contributed by atoms with E-state index in [1.807, 2.05) is 13.0 Å². The fourth-order valence-electron chi connectivity index (χ4n) is 3.38. The Morgan fingerprint density at radius 2 is 1.76 bits per heavy atom. The minimum absolute atomic E-state index is 0.270. The first-order valence-electron chi connectivity index (χ1n) is 9.14. The summed E-state index contributed by atoms with van der Waals surface area (Å²) in [4.78, 5) is 12.7. The Labute approximate surface area is 175 Å². The molecule has 29 heavy (non-hydrogen) atoms. The maximum atomic E-state index is 13.0. The minimum Gasteiger partial charge on any atom is -0.322 e. The van der Waals surface area contributed by atoms with E-state index in [2.05, 4.69) is 5.32 Å². The monoisotopic (exact) mass is 426 g/mol. The molecule has 148 valence electrons. The molecule has 0 aliphatic carbocycles. The zero-order valence-electron chi connectivity index (χ0n) is 15.7. The minimum atomic E-state index is -3.62. The summed E-state index contributed by atoms with van der Waals surface area (Å²) in [5.74, 6) is -0.308. The number of carbonyl (C=O) groups is 1. The highest BCUT2D eigenvalue weighted by Crippen LogP contribution is 2.35. The third kappa shape index (κ3) is 3.73. The lowest BCUT2D eigenvalue weighted by molar-refractivity contribution is 0.102. The van der Waals surface area contributed by atoms with Gasteiger partial charge in [-0.15, -0.1) is 0 Å². The Morgan fingerprint density at radius 1 is 1.03 bits per heavy atom. The van der Waals surface area contributed by atoms with E-state index in [1.54, 1.807) is 60.7 Å². The fraction of sp³-hybridized carbons (Fsp3) is 0.136. The molecular formula is C22H19ClN2O3S. The van der Waals surface area contributed by atoms with Gasteiger partial charge in [0.25, 0.3) is 15.9 Å². The number of benzene rings is 3.